The SMILES string of the molecule is Cc1ccc(CN(C[C@H]2CCCO2)C(=S)Nc2ccc(C(F)(F)F)c(Cl)c2)o1. The maximum absolute atomic E-state index is 12.9. The molecule has 1 N–H and O–H groups in total. The van der Waals surface area contributed by atoms with E-state index in [0.717, 1.165) is 30.4 Å². The maximum Gasteiger partial charge on any atom is 0.417 e. The van der Waals surface area contributed by atoms with Gasteiger partial charge in [0, 0.05) is 18.8 Å². The standard InChI is InChI=1S/C19H20ClF3N2O2S/c1-12-4-6-15(27-12)11-25(10-14-3-2-8-26-14)18(28)24-13-5-7-16(17(20)9-13)19(21,22)23/h4-7,9,14H,2-3,8,10-11H2,1H3,(H,24,28)/t14-/m1/s1. The largest absolute Gasteiger partial charge is 0.464 e. The lowest BCUT2D eigenvalue weighted by Crippen LogP contribution is -2.39. The molecule has 1 atom stereocenters. The third-order valence-corrected chi connectivity index (χ3v) is 5.08. The van der Waals surface area contributed by atoms with Crippen LogP contribution in [0, 0.1) is 6.92 Å². The van der Waals surface area contributed by atoms with Gasteiger partial charge in [0.15, 0.2) is 5.11 Å². The van der Waals surface area contributed by atoms with Gasteiger partial charge in [-0.15, -0.1) is 0 Å². The highest BCUT2D eigenvalue weighted by atomic mass is 35.5. The number of thiocarbonyl (C=S) groups is 1. The zero-order valence-electron chi connectivity index (χ0n) is 15.2. The molecule has 1 saturated heterocycles. The van der Waals surface area contributed by atoms with Gasteiger partial charge in [0.05, 0.1) is 23.2 Å². The van der Waals surface area contributed by atoms with Gasteiger partial charge < -0.3 is 19.4 Å². The molecule has 2 aromatic rings. The quantitative estimate of drug-likeness (QED) is 0.619. The van der Waals surface area contributed by atoms with E-state index in [1.54, 1.807) is 0 Å². The summed E-state index contributed by atoms with van der Waals surface area (Å²) in [7, 11) is 0. The van der Waals surface area contributed by atoms with E-state index in [4.69, 9.17) is 33.0 Å². The summed E-state index contributed by atoms with van der Waals surface area (Å²) in [6.07, 6.45) is -2.53. The molecule has 0 unspecified atom stereocenters. The van der Waals surface area contributed by atoms with Crippen molar-refractivity contribution in [2.75, 3.05) is 18.5 Å². The van der Waals surface area contributed by atoms with Crippen LogP contribution < -0.4 is 5.32 Å². The van der Waals surface area contributed by atoms with E-state index in [0.29, 0.717) is 30.5 Å². The Morgan fingerprint density at radius 1 is 1.32 bits per heavy atom. The lowest BCUT2D eigenvalue weighted by molar-refractivity contribution is -0.137. The number of alkyl halides is 3. The molecule has 0 spiro atoms. The van der Waals surface area contributed by atoms with Crippen molar-refractivity contribution in [2.45, 2.75) is 38.6 Å². The summed E-state index contributed by atoms with van der Waals surface area (Å²) in [4.78, 5) is 1.88. The van der Waals surface area contributed by atoms with Crippen molar-refractivity contribution < 1.29 is 22.3 Å². The van der Waals surface area contributed by atoms with E-state index in [-0.39, 0.29) is 11.1 Å². The molecule has 3 rings (SSSR count). The topological polar surface area (TPSA) is 37.6 Å². The molecule has 1 aromatic heterocycles. The average molecular weight is 433 g/mol. The van der Waals surface area contributed by atoms with Crippen LogP contribution in [-0.4, -0.2) is 29.3 Å². The van der Waals surface area contributed by atoms with Gasteiger partial charge in [-0.2, -0.15) is 13.2 Å². The molecule has 1 aliphatic rings. The van der Waals surface area contributed by atoms with Gasteiger partial charge in [-0.3, -0.25) is 0 Å². The van der Waals surface area contributed by atoms with Crippen molar-refractivity contribution in [3.8, 4) is 0 Å². The third-order valence-electron chi connectivity index (χ3n) is 4.40. The second-order valence-corrected chi connectivity index (χ2v) is 7.44. The van der Waals surface area contributed by atoms with E-state index < -0.39 is 11.7 Å². The molecule has 4 nitrogen and oxygen atoms in total. The minimum atomic E-state index is -4.50. The van der Waals surface area contributed by atoms with E-state index in [2.05, 4.69) is 5.32 Å². The number of anilines is 1. The van der Waals surface area contributed by atoms with E-state index in [1.165, 1.54) is 12.1 Å². The van der Waals surface area contributed by atoms with E-state index in [9.17, 15) is 13.2 Å². The molecule has 0 radical (unpaired) electrons. The highest BCUT2D eigenvalue weighted by molar-refractivity contribution is 7.80. The van der Waals surface area contributed by atoms with Crippen LogP contribution >= 0.6 is 23.8 Å². The van der Waals surface area contributed by atoms with Crippen LogP contribution in [0.2, 0.25) is 5.02 Å². The van der Waals surface area contributed by atoms with E-state index >= 15 is 0 Å². The second kappa shape index (κ2) is 8.71. The Morgan fingerprint density at radius 3 is 2.68 bits per heavy atom. The molecule has 1 aliphatic heterocycles. The van der Waals surface area contributed by atoms with Gasteiger partial charge in [0.1, 0.15) is 11.5 Å². The van der Waals surface area contributed by atoms with Crippen LogP contribution in [0.5, 0.6) is 0 Å². The van der Waals surface area contributed by atoms with Gasteiger partial charge in [-0.1, -0.05) is 11.6 Å². The lowest BCUT2D eigenvalue weighted by atomic mass is 10.2. The highest BCUT2D eigenvalue weighted by Crippen LogP contribution is 2.36. The first-order chi connectivity index (χ1) is 13.2. The highest BCUT2D eigenvalue weighted by Gasteiger charge is 2.33. The Bertz CT molecular complexity index is 835. The molecule has 1 fully saturated rings. The van der Waals surface area contributed by atoms with Crippen molar-refractivity contribution in [1.82, 2.24) is 4.90 Å². The number of hydrogen-bond donors (Lipinski definition) is 1. The number of hydrogen-bond acceptors (Lipinski definition) is 3. The monoisotopic (exact) mass is 432 g/mol. The first-order valence-corrected chi connectivity index (χ1v) is 9.60. The van der Waals surface area contributed by atoms with Crippen molar-refractivity contribution in [2.24, 2.45) is 0 Å². The summed E-state index contributed by atoms with van der Waals surface area (Å²) in [5.41, 5.74) is -0.496. The first-order valence-electron chi connectivity index (χ1n) is 8.82. The smallest absolute Gasteiger partial charge is 0.417 e. The molecular formula is C19H20ClF3N2O2S. The zero-order valence-corrected chi connectivity index (χ0v) is 16.8. The molecule has 0 saturated carbocycles. The van der Waals surface area contributed by atoms with Crippen molar-refractivity contribution in [1.29, 1.82) is 0 Å². The Morgan fingerprint density at radius 2 is 2.11 bits per heavy atom. The maximum atomic E-state index is 12.9. The van der Waals surface area contributed by atoms with Crippen LogP contribution in [0.1, 0.15) is 29.9 Å². The van der Waals surface area contributed by atoms with Crippen LogP contribution in [0.25, 0.3) is 0 Å². The fraction of sp³-hybridized carbons (Fsp3) is 0.421. The van der Waals surface area contributed by atoms with Crippen LogP contribution in [0.15, 0.2) is 34.7 Å². The summed E-state index contributed by atoms with van der Waals surface area (Å²) in [5.74, 6) is 1.53. The van der Waals surface area contributed by atoms with Crippen LogP contribution in [0.4, 0.5) is 18.9 Å². The average Bonchev–Trinajstić information content (AvgIpc) is 3.25. The third kappa shape index (κ3) is 5.40. The number of ether oxygens (including phenoxy) is 1. The number of furan rings is 1. The molecule has 0 aliphatic carbocycles. The predicted molar refractivity (Wildman–Crippen MR) is 106 cm³/mol. The van der Waals surface area contributed by atoms with Crippen molar-refractivity contribution >= 4 is 34.6 Å². The number of benzene rings is 1. The fourth-order valence-corrected chi connectivity index (χ4v) is 3.58. The zero-order chi connectivity index (χ0) is 20.3. The van der Waals surface area contributed by atoms with Gasteiger partial charge >= 0.3 is 6.18 Å². The lowest BCUT2D eigenvalue weighted by Gasteiger charge is -2.27. The minimum Gasteiger partial charge on any atom is -0.464 e. The summed E-state index contributed by atoms with van der Waals surface area (Å²) in [6, 6.07) is 7.20. The fourth-order valence-electron chi connectivity index (χ4n) is 3.04. The van der Waals surface area contributed by atoms with Crippen molar-refractivity contribution in [3.05, 3.63) is 52.4 Å². The summed E-state index contributed by atoms with van der Waals surface area (Å²) in [5, 5.41) is 2.95. The van der Waals surface area contributed by atoms with Gasteiger partial charge in [0.2, 0.25) is 0 Å². The minimum absolute atomic E-state index is 0.0482. The molecule has 152 valence electrons. The van der Waals surface area contributed by atoms with Crippen molar-refractivity contribution in [3.63, 3.8) is 0 Å². The predicted octanol–water partition coefficient (Wildman–Crippen LogP) is 5.64. The Kier molecular flexibility index (Phi) is 6.52. The molecule has 2 heterocycles. The summed E-state index contributed by atoms with van der Waals surface area (Å²) in [6.45, 7) is 3.55. The second-order valence-electron chi connectivity index (χ2n) is 6.65. The number of aryl methyl sites for hydroxylation is 1. The summed E-state index contributed by atoms with van der Waals surface area (Å²) < 4.78 is 50.0. The molecule has 1 aromatic carbocycles. The molecular weight excluding hydrogens is 413 g/mol. The summed E-state index contributed by atoms with van der Waals surface area (Å²) >= 11 is 11.3. The Balaban J connectivity index is 1.73. The van der Waals surface area contributed by atoms with Gasteiger partial charge in [-0.25, -0.2) is 0 Å². The number of nitrogens with one attached hydrogen (secondary N) is 1. The number of rotatable bonds is 5. The molecule has 28 heavy (non-hydrogen) atoms. The number of nitrogens with zero attached hydrogens (tertiary/aromatic N) is 1. The normalized spacial score (nSPS) is 17.0. The molecule has 9 heteroatoms. The van der Waals surface area contributed by atoms with Gasteiger partial charge in [-0.05, 0) is 62.3 Å². The Hall–Kier alpha value is -1.77. The van der Waals surface area contributed by atoms with Gasteiger partial charge in [0.25, 0.3) is 0 Å². The van der Waals surface area contributed by atoms with E-state index in [1.807, 2.05) is 24.0 Å². The van der Waals surface area contributed by atoms with Crippen LogP contribution in [0.3, 0.4) is 0 Å². The van der Waals surface area contributed by atoms with Crippen LogP contribution in [-0.2, 0) is 17.5 Å². The molecule has 0 amide bonds. The molecule has 0 bridgehead atoms. The first kappa shape index (κ1) is 21.0. The number of halogens is 4. The Labute approximate surface area is 171 Å².